The van der Waals surface area contributed by atoms with Gasteiger partial charge >= 0.3 is 0 Å². The zero-order chi connectivity index (χ0) is 21.8. The molecule has 0 N–H and O–H groups in total. The third kappa shape index (κ3) is 5.58. The molecule has 4 nitrogen and oxygen atoms in total. The Labute approximate surface area is 198 Å². The van der Waals surface area contributed by atoms with Crippen molar-refractivity contribution in [2.24, 2.45) is 0 Å². The van der Waals surface area contributed by atoms with E-state index in [2.05, 4.69) is 15.9 Å². The van der Waals surface area contributed by atoms with E-state index in [9.17, 15) is 9.59 Å². The number of amides is 2. The summed E-state index contributed by atoms with van der Waals surface area (Å²) in [5, 5.41) is 0.408. The van der Waals surface area contributed by atoms with Crippen molar-refractivity contribution < 1.29 is 14.3 Å². The molecule has 0 bridgehead atoms. The number of benzene rings is 3. The number of hydrogen-bond donors (Lipinski definition) is 0. The summed E-state index contributed by atoms with van der Waals surface area (Å²) in [6, 6.07) is 22.5. The molecule has 4 rings (SSSR count). The Kier molecular flexibility index (Phi) is 6.80. The van der Waals surface area contributed by atoms with E-state index in [0.29, 0.717) is 22.3 Å². The molecular weight excluding hydrogens is 498 g/mol. The van der Waals surface area contributed by atoms with Crippen molar-refractivity contribution in [3.63, 3.8) is 0 Å². The molecule has 0 aromatic heterocycles. The molecule has 1 saturated heterocycles. The fraction of sp³-hybridized carbons (Fsp3) is 0.0833. The highest BCUT2D eigenvalue weighted by Gasteiger charge is 2.34. The third-order valence-corrected chi connectivity index (χ3v) is 6.27. The van der Waals surface area contributed by atoms with Crippen LogP contribution >= 0.6 is 39.3 Å². The minimum Gasteiger partial charge on any atom is -0.489 e. The standard InChI is InChI=1S/C24H17BrClNO3S/c25-19-8-4-17(5-9-19)14-27-23(28)22(31-24(27)29)13-16-6-10-21(11-7-16)30-15-18-2-1-3-20(26)12-18/h1-13H,14-15H2/b22-13-. The molecule has 1 aliphatic heterocycles. The fourth-order valence-electron chi connectivity index (χ4n) is 3.01. The summed E-state index contributed by atoms with van der Waals surface area (Å²) in [5.41, 5.74) is 2.70. The third-order valence-electron chi connectivity index (χ3n) is 4.60. The summed E-state index contributed by atoms with van der Waals surface area (Å²) in [4.78, 5) is 26.7. The summed E-state index contributed by atoms with van der Waals surface area (Å²) in [6.45, 7) is 0.667. The molecule has 0 atom stereocenters. The minimum atomic E-state index is -0.279. The van der Waals surface area contributed by atoms with Crippen molar-refractivity contribution >= 4 is 56.5 Å². The smallest absolute Gasteiger partial charge is 0.293 e. The van der Waals surface area contributed by atoms with Crippen LogP contribution in [0.1, 0.15) is 16.7 Å². The highest BCUT2D eigenvalue weighted by molar-refractivity contribution is 9.10. The van der Waals surface area contributed by atoms with E-state index >= 15 is 0 Å². The Morgan fingerprint density at radius 3 is 2.42 bits per heavy atom. The van der Waals surface area contributed by atoms with Gasteiger partial charge in [0, 0.05) is 9.50 Å². The van der Waals surface area contributed by atoms with E-state index in [0.717, 1.165) is 32.9 Å². The van der Waals surface area contributed by atoms with E-state index in [-0.39, 0.29) is 17.7 Å². The molecule has 1 heterocycles. The molecule has 1 fully saturated rings. The largest absolute Gasteiger partial charge is 0.489 e. The van der Waals surface area contributed by atoms with Gasteiger partial charge < -0.3 is 4.74 Å². The first-order valence-electron chi connectivity index (χ1n) is 9.45. The second-order valence-corrected chi connectivity index (χ2v) is 9.23. The number of hydrogen-bond acceptors (Lipinski definition) is 4. The average Bonchev–Trinajstić information content (AvgIpc) is 3.02. The van der Waals surface area contributed by atoms with Crippen LogP contribution in [0, 0.1) is 0 Å². The fourth-order valence-corrected chi connectivity index (χ4v) is 4.33. The molecule has 0 spiro atoms. The van der Waals surface area contributed by atoms with Crippen LogP contribution in [0.2, 0.25) is 5.02 Å². The number of halogens is 2. The normalized spacial score (nSPS) is 15.0. The van der Waals surface area contributed by atoms with Crippen LogP contribution in [0.5, 0.6) is 5.75 Å². The van der Waals surface area contributed by atoms with E-state index in [1.165, 1.54) is 4.90 Å². The molecule has 31 heavy (non-hydrogen) atoms. The van der Waals surface area contributed by atoms with E-state index in [1.54, 1.807) is 6.08 Å². The van der Waals surface area contributed by atoms with Crippen LogP contribution in [0.4, 0.5) is 4.79 Å². The molecule has 3 aromatic rings. The van der Waals surface area contributed by atoms with E-state index in [4.69, 9.17) is 16.3 Å². The molecule has 3 aromatic carbocycles. The van der Waals surface area contributed by atoms with Gasteiger partial charge in [-0.1, -0.05) is 63.9 Å². The number of ether oxygens (including phenoxy) is 1. The van der Waals surface area contributed by atoms with E-state index in [1.807, 2.05) is 72.8 Å². The van der Waals surface area contributed by atoms with Gasteiger partial charge in [0.25, 0.3) is 11.1 Å². The first-order chi connectivity index (χ1) is 15.0. The van der Waals surface area contributed by atoms with Gasteiger partial charge in [0.15, 0.2) is 0 Å². The van der Waals surface area contributed by atoms with Gasteiger partial charge in [-0.25, -0.2) is 0 Å². The van der Waals surface area contributed by atoms with Crippen LogP contribution in [0.3, 0.4) is 0 Å². The second kappa shape index (κ2) is 9.73. The Morgan fingerprint density at radius 1 is 0.968 bits per heavy atom. The minimum absolute atomic E-state index is 0.256. The summed E-state index contributed by atoms with van der Waals surface area (Å²) in [5.74, 6) is 0.430. The maximum Gasteiger partial charge on any atom is 0.293 e. The summed E-state index contributed by atoms with van der Waals surface area (Å²) < 4.78 is 6.73. The lowest BCUT2D eigenvalue weighted by atomic mass is 10.2. The quantitative estimate of drug-likeness (QED) is 0.335. The monoisotopic (exact) mass is 513 g/mol. The molecule has 156 valence electrons. The van der Waals surface area contributed by atoms with Gasteiger partial charge in [-0.05, 0) is 70.9 Å². The summed E-state index contributed by atoms with van der Waals surface area (Å²) >= 11 is 10.3. The predicted molar refractivity (Wildman–Crippen MR) is 128 cm³/mol. The van der Waals surface area contributed by atoms with Crippen molar-refractivity contribution in [2.45, 2.75) is 13.2 Å². The zero-order valence-electron chi connectivity index (χ0n) is 16.3. The van der Waals surface area contributed by atoms with Gasteiger partial charge in [-0.2, -0.15) is 0 Å². The predicted octanol–water partition coefficient (Wildman–Crippen LogP) is 6.92. The molecule has 0 radical (unpaired) electrons. The Bertz CT molecular complexity index is 1150. The first kappa shape index (κ1) is 21.7. The van der Waals surface area contributed by atoms with Crippen LogP contribution < -0.4 is 4.74 Å². The van der Waals surface area contributed by atoms with E-state index < -0.39 is 0 Å². The molecule has 0 aliphatic carbocycles. The molecule has 1 aliphatic rings. The number of carbonyl (C=O) groups excluding carboxylic acids is 2. The number of carbonyl (C=O) groups is 2. The molecule has 7 heteroatoms. The average molecular weight is 515 g/mol. The maximum atomic E-state index is 12.7. The second-order valence-electron chi connectivity index (χ2n) is 6.88. The SMILES string of the molecule is O=C1S/C(=C\c2ccc(OCc3cccc(Cl)c3)cc2)C(=O)N1Cc1ccc(Br)cc1. The van der Waals surface area contributed by atoms with Crippen molar-refractivity contribution in [1.82, 2.24) is 4.90 Å². The zero-order valence-corrected chi connectivity index (χ0v) is 19.4. The van der Waals surface area contributed by atoms with Crippen molar-refractivity contribution in [1.29, 1.82) is 0 Å². The van der Waals surface area contributed by atoms with Gasteiger partial charge in [-0.15, -0.1) is 0 Å². The molecular formula is C24H17BrClNO3S. The number of nitrogens with zero attached hydrogens (tertiary/aromatic N) is 1. The first-order valence-corrected chi connectivity index (χ1v) is 11.4. The van der Waals surface area contributed by atoms with Crippen LogP contribution in [-0.2, 0) is 17.9 Å². The molecule has 0 saturated carbocycles. The lowest BCUT2D eigenvalue weighted by Gasteiger charge is -2.12. The van der Waals surface area contributed by atoms with Crippen molar-refractivity contribution in [3.05, 3.63) is 104 Å². The number of thioether (sulfide) groups is 1. The Balaban J connectivity index is 1.40. The van der Waals surface area contributed by atoms with Crippen LogP contribution in [-0.4, -0.2) is 16.0 Å². The van der Waals surface area contributed by atoms with Gasteiger partial charge in [0.1, 0.15) is 12.4 Å². The highest BCUT2D eigenvalue weighted by atomic mass is 79.9. The van der Waals surface area contributed by atoms with Gasteiger partial charge in [0.2, 0.25) is 0 Å². The van der Waals surface area contributed by atoms with Crippen molar-refractivity contribution in [3.8, 4) is 5.75 Å². The summed E-state index contributed by atoms with van der Waals surface area (Å²) in [6.07, 6.45) is 1.73. The summed E-state index contributed by atoms with van der Waals surface area (Å²) in [7, 11) is 0. The van der Waals surface area contributed by atoms with Gasteiger partial charge in [-0.3, -0.25) is 14.5 Å². The maximum absolute atomic E-state index is 12.7. The number of imide groups is 1. The Hall–Kier alpha value is -2.54. The van der Waals surface area contributed by atoms with Crippen LogP contribution in [0.15, 0.2) is 82.2 Å². The van der Waals surface area contributed by atoms with Crippen LogP contribution in [0.25, 0.3) is 6.08 Å². The highest BCUT2D eigenvalue weighted by Crippen LogP contribution is 2.33. The Morgan fingerprint density at radius 2 is 1.71 bits per heavy atom. The lowest BCUT2D eigenvalue weighted by molar-refractivity contribution is -0.123. The lowest BCUT2D eigenvalue weighted by Crippen LogP contribution is -2.27. The topological polar surface area (TPSA) is 46.6 Å². The van der Waals surface area contributed by atoms with Crippen molar-refractivity contribution in [2.75, 3.05) is 0 Å². The number of rotatable bonds is 6. The van der Waals surface area contributed by atoms with Gasteiger partial charge in [0.05, 0.1) is 11.4 Å². The molecule has 0 unspecified atom stereocenters. The molecule has 2 amide bonds.